The van der Waals surface area contributed by atoms with E-state index in [0.29, 0.717) is 12.1 Å². The lowest BCUT2D eigenvalue weighted by molar-refractivity contribution is 0.0488. The SMILES string of the molecule is CC(Cc1cccs1)NC1CCCC(NC(=O)OC(C)(C)C)C1. The minimum Gasteiger partial charge on any atom is -0.444 e. The summed E-state index contributed by atoms with van der Waals surface area (Å²) in [6.45, 7) is 7.92. The summed E-state index contributed by atoms with van der Waals surface area (Å²) in [7, 11) is 0. The first-order valence-corrected chi connectivity index (χ1v) is 9.48. The molecule has 1 aliphatic carbocycles. The van der Waals surface area contributed by atoms with Gasteiger partial charge in [-0.25, -0.2) is 4.79 Å². The summed E-state index contributed by atoms with van der Waals surface area (Å²) >= 11 is 1.81. The van der Waals surface area contributed by atoms with Gasteiger partial charge in [0.2, 0.25) is 0 Å². The number of nitrogens with one attached hydrogen (secondary N) is 2. The van der Waals surface area contributed by atoms with Crippen LogP contribution in [0, 0.1) is 0 Å². The van der Waals surface area contributed by atoms with Gasteiger partial charge in [0.15, 0.2) is 0 Å². The zero-order valence-electron chi connectivity index (χ0n) is 14.7. The molecule has 130 valence electrons. The zero-order valence-corrected chi connectivity index (χ0v) is 15.5. The number of alkyl carbamates (subject to hydrolysis) is 1. The van der Waals surface area contributed by atoms with E-state index < -0.39 is 5.60 Å². The van der Waals surface area contributed by atoms with Gasteiger partial charge in [-0.1, -0.05) is 6.07 Å². The summed E-state index contributed by atoms with van der Waals surface area (Å²) in [6, 6.07) is 5.44. The van der Waals surface area contributed by atoms with E-state index in [0.717, 1.165) is 25.7 Å². The molecule has 2 N–H and O–H groups in total. The molecule has 0 aromatic carbocycles. The van der Waals surface area contributed by atoms with Crippen molar-refractivity contribution in [2.75, 3.05) is 0 Å². The maximum Gasteiger partial charge on any atom is 0.407 e. The number of amides is 1. The number of hydrogen-bond donors (Lipinski definition) is 2. The second kappa shape index (κ2) is 8.15. The summed E-state index contributed by atoms with van der Waals surface area (Å²) < 4.78 is 5.36. The van der Waals surface area contributed by atoms with Crippen LogP contribution in [0.5, 0.6) is 0 Å². The molecule has 1 heterocycles. The van der Waals surface area contributed by atoms with Gasteiger partial charge in [-0.15, -0.1) is 11.3 Å². The second-order valence-corrected chi connectivity index (χ2v) is 8.59. The van der Waals surface area contributed by atoms with Gasteiger partial charge < -0.3 is 15.4 Å². The van der Waals surface area contributed by atoms with Crippen LogP contribution >= 0.6 is 11.3 Å². The number of thiophene rings is 1. The molecule has 1 aliphatic rings. The Hall–Kier alpha value is -1.07. The zero-order chi connectivity index (χ0) is 16.9. The van der Waals surface area contributed by atoms with E-state index >= 15 is 0 Å². The Labute approximate surface area is 144 Å². The smallest absolute Gasteiger partial charge is 0.407 e. The van der Waals surface area contributed by atoms with Crippen LogP contribution in [-0.4, -0.2) is 29.8 Å². The Morgan fingerprint density at radius 2 is 2.13 bits per heavy atom. The molecule has 0 spiro atoms. The number of hydrogen-bond acceptors (Lipinski definition) is 4. The highest BCUT2D eigenvalue weighted by Gasteiger charge is 2.26. The van der Waals surface area contributed by atoms with Crippen molar-refractivity contribution in [1.82, 2.24) is 10.6 Å². The number of ether oxygens (including phenoxy) is 1. The maximum atomic E-state index is 11.9. The lowest BCUT2D eigenvalue weighted by Gasteiger charge is -2.32. The number of carbonyl (C=O) groups is 1. The Kier molecular flexibility index (Phi) is 6.48. The molecular weight excluding hydrogens is 308 g/mol. The predicted molar refractivity (Wildman–Crippen MR) is 96.0 cm³/mol. The van der Waals surface area contributed by atoms with Crippen molar-refractivity contribution in [2.24, 2.45) is 0 Å². The topological polar surface area (TPSA) is 50.4 Å². The van der Waals surface area contributed by atoms with Gasteiger partial charge in [-0.3, -0.25) is 0 Å². The van der Waals surface area contributed by atoms with E-state index in [2.05, 4.69) is 35.1 Å². The Balaban J connectivity index is 1.75. The normalized spacial score (nSPS) is 23.3. The highest BCUT2D eigenvalue weighted by molar-refractivity contribution is 7.09. The molecule has 3 unspecified atom stereocenters. The monoisotopic (exact) mass is 338 g/mol. The van der Waals surface area contributed by atoms with Gasteiger partial charge in [0.25, 0.3) is 0 Å². The molecule has 2 rings (SSSR count). The maximum absolute atomic E-state index is 11.9. The average molecular weight is 339 g/mol. The summed E-state index contributed by atoms with van der Waals surface area (Å²) in [4.78, 5) is 13.3. The van der Waals surface area contributed by atoms with Crippen LogP contribution in [0.25, 0.3) is 0 Å². The minimum atomic E-state index is -0.439. The fraction of sp³-hybridized carbons (Fsp3) is 0.722. The highest BCUT2D eigenvalue weighted by Crippen LogP contribution is 2.20. The van der Waals surface area contributed by atoms with Crippen LogP contribution in [0.4, 0.5) is 4.79 Å². The molecule has 5 heteroatoms. The summed E-state index contributed by atoms with van der Waals surface area (Å²) in [5.41, 5.74) is -0.439. The van der Waals surface area contributed by atoms with Crippen molar-refractivity contribution in [3.8, 4) is 0 Å². The highest BCUT2D eigenvalue weighted by atomic mass is 32.1. The molecule has 0 bridgehead atoms. The van der Waals surface area contributed by atoms with E-state index in [1.54, 1.807) is 0 Å². The first kappa shape index (κ1) is 18.3. The van der Waals surface area contributed by atoms with E-state index in [-0.39, 0.29) is 12.1 Å². The van der Waals surface area contributed by atoms with Gasteiger partial charge in [-0.2, -0.15) is 0 Å². The largest absolute Gasteiger partial charge is 0.444 e. The average Bonchev–Trinajstić information content (AvgIpc) is 2.89. The second-order valence-electron chi connectivity index (χ2n) is 7.56. The van der Waals surface area contributed by atoms with Crippen molar-refractivity contribution < 1.29 is 9.53 Å². The molecule has 0 saturated heterocycles. The molecule has 3 atom stereocenters. The van der Waals surface area contributed by atoms with Gasteiger partial charge in [0.1, 0.15) is 5.60 Å². The standard InChI is InChI=1S/C18H30N2O2S/c1-13(11-16-9-6-10-23-16)19-14-7-5-8-15(12-14)20-17(21)22-18(2,3)4/h6,9-10,13-15,19H,5,7-8,11-12H2,1-4H3,(H,20,21). The molecule has 1 saturated carbocycles. The minimum absolute atomic E-state index is 0.213. The van der Waals surface area contributed by atoms with Crippen molar-refractivity contribution in [2.45, 2.75) is 83.5 Å². The van der Waals surface area contributed by atoms with Gasteiger partial charge in [-0.05, 0) is 71.2 Å². The third-order valence-electron chi connectivity index (χ3n) is 4.00. The van der Waals surface area contributed by atoms with Crippen LogP contribution in [0.2, 0.25) is 0 Å². The first-order valence-electron chi connectivity index (χ1n) is 8.60. The number of rotatable bonds is 5. The van der Waals surface area contributed by atoms with Crippen LogP contribution in [-0.2, 0) is 11.2 Å². The summed E-state index contributed by atoms with van der Waals surface area (Å²) in [5, 5.41) is 8.88. The fourth-order valence-electron chi connectivity index (χ4n) is 3.14. The Morgan fingerprint density at radius 1 is 1.39 bits per heavy atom. The molecule has 0 aliphatic heterocycles. The fourth-order valence-corrected chi connectivity index (χ4v) is 3.97. The van der Waals surface area contributed by atoms with Crippen molar-refractivity contribution >= 4 is 17.4 Å². The first-order chi connectivity index (χ1) is 10.8. The molecular formula is C18H30N2O2S. The Bertz CT molecular complexity index is 482. The molecule has 4 nitrogen and oxygen atoms in total. The van der Waals surface area contributed by atoms with Gasteiger partial charge in [0.05, 0.1) is 0 Å². The van der Waals surface area contributed by atoms with Crippen LogP contribution in [0.1, 0.15) is 58.3 Å². The Morgan fingerprint density at radius 3 is 2.78 bits per heavy atom. The molecule has 1 aromatic heterocycles. The molecule has 0 radical (unpaired) electrons. The molecule has 1 aromatic rings. The van der Waals surface area contributed by atoms with Crippen molar-refractivity contribution in [1.29, 1.82) is 0 Å². The third kappa shape index (κ3) is 6.92. The third-order valence-corrected chi connectivity index (χ3v) is 4.90. The number of carbonyl (C=O) groups excluding carboxylic acids is 1. The summed E-state index contributed by atoms with van der Waals surface area (Å²) in [6.07, 6.45) is 5.11. The van der Waals surface area contributed by atoms with E-state index in [9.17, 15) is 4.79 Å². The van der Waals surface area contributed by atoms with Crippen LogP contribution in [0.15, 0.2) is 17.5 Å². The van der Waals surface area contributed by atoms with Gasteiger partial charge in [0, 0.05) is 23.0 Å². The molecule has 1 fully saturated rings. The quantitative estimate of drug-likeness (QED) is 0.849. The van der Waals surface area contributed by atoms with E-state index in [4.69, 9.17) is 4.74 Å². The van der Waals surface area contributed by atoms with Gasteiger partial charge >= 0.3 is 6.09 Å². The van der Waals surface area contributed by atoms with E-state index in [1.165, 1.54) is 11.3 Å². The molecule has 23 heavy (non-hydrogen) atoms. The van der Waals surface area contributed by atoms with E-state index in [1.807, 2.05) is 32.1 Å². The molecule has 1 amide bonds. The predicted octanol–water partition coefficient (Wildman–Crippen LogP) is 4.10. The van der Waals surface area contributed by atoms with Crippen molar-refractivity contribution in [3.63, 3.8) is 0 Å². The van der Waals surface area contributed by atoms with Crippen LogP contribution in [0.3, 0.4) is 0 Å². The lowest BCUT2D eigenvalue weighted by Crippen LogP contribution is -2.47. The summed E-state index contributed by atoms with van der Waals surface area (Å²) in [5.74, 6) is 0. The van der Waals surface area contributed by atoms with Crippen molar-refractivity contribution in [3.05, 3.63) is 22.4 Å². The lowest BCUT2D eigenvalue weighted by atomic mass is 9.90. The van der Waals surface area contributed by atoms with Crippen LogP contribution < -0.4 is 10.6 Å².